The third-order valence-corrected chi connectivity index (χ3v) is 3.92. The van der Waals surface area contributed by atoms with Crippen LogP contribution in [0.4, 0.5) is 0 Å². The van der Waals surface area contributed by atoms with Gasteiger partial charge in [0.05, 0.1) is 18.4 Å². The van der Waals surface area contributed by atoms with Crippen molar-refractivity contribution in [2.75, 3.05) is 7.11 Å². The van der Waals surface area contributed by atoms with Crippen LogP contribution in [0, 0.1) is 13.8 Å². The summed E-state index contributed by atoms with van der Waals surface area (Å²) in [5, 5.41) is 12.5. The van der Waals surface area contributed by atoms with E-state index in [2.05, 4.69) is 10.1 Å². The Morgan fingerprint density at radius 2 is 2.24 bits per heavy atom. The topological polar surface area (TPSA) is 93.9 Å². The van der Waals surface area contributed by atoms with Crippen LogP contribution in [0.5, 0.6) is 5.75 Å². The van der Waals surface area contributed by atoms with Crippen molar-refractivity contribution in [3.63, 3.8) is 0 Å². The number of oxazole rings is 1. The number of hydrogen-bond acceptors (Lipinski definition) is 6. The Hall–Kier alpha value is -2.15. The highest BCUT2D eigenvalue weighted by molar-refractivity contribution is 7.98. The van der Waals surface area contributed by atoms with Crippen molar-refractivity contribution in [2.45, 2.75) is 24.8 Å². The number of oxime groups is 1. The second kappa shape index (κ2) is 6.53. The van der Waals surface area contributed by atoms with Gasteiger partial charge in [0.25, 0.3) is 5.22 Å². The van der Waals surface area contributed by atoms with Gasteiger partial charge in [-0.25, -0.2) is 4.98 Å². The average Bonchev–Trinajstić information content (AvgIpc) is 2.82. The molecule has 0 aliphatic rings. The Bertz CT molecular complexity index is 648. The van der Waals surface area contributed by atoms with Crippen LogP contribution in [0.3, 0.4) is 0 Å². The van der Waals surface area contributed by atoms with Gasteiger partial charge in [-0.3, -0.25) is 0 Å². The molecule has 6 nitrogen and oxygen atoms in total. The average molecular weight is 307 g/mol. The normalized spacial score (nSPS) is 11.7. The number of methoxy groups -OCH3 is 1. The van der Waals surface area contributed by atoms with E-state index in [9.17, 15) is 0 Å². The number of aryl methyl sites for hydroxylation is 2. The number of nitrogens with zero attached hydrogens (tertiary/aromatic N) is 2. The van der Waals surface area contributed by atoms with Gasteiger partial charge < -0.3 is 20.1 Å². The predicted molar refractivity (Wildman–Crippen MR) is 81.0 cm³/mol. The van der Waals surface area contributed by atoms with Crippen molar-refractivity contribution in [3.05, 3.63) is 40.8 Å². The van der Waals surface area contributed by atoms with Crippen LogP contribution in [-0.2, 0) is 5.75 Å². The molecule has 0 atom stereocenters. The molecule has 2 rings (SSSR count). The lowest BCUT2D eigenvalue weighted by atomic mass is 10.1. The third kappa shape index (κ3) is 3.49. The lowest BCUT2D eigenvalue weighted by Crippen LogP contribution is -2.14. The van der Waals surface area contributed by atoms with Gasteiger partial charge in [0.1, 0.15) is 11.5 Å². The van der Waals surface area contributed by atoms with Crippen LogP contribution in [0.25, 0.3) is 0 Å². The minimum absolute atomic E-state index is 0.0153. The van der Waals surface area contributed by atoms with E-state index in [-0.39, 0.29) is 5.84 Å². The van der Waals surface area contributed by atoms with Gasteiger partial charge in [-0.15, -0.1) is 0 Å². The maximum absolute atomic E-state index is 8.82. The Balaban J connectivity index is 2.17. The molecular weight excluding hydrogens is 290 g/mol. The first-order valence-electron chi connectivity index (χ1n) is 6.26. The van der Waals surface area contributed by atoms with Gasteiger partial charge in [0, 0.05) is 5.75 Å². The zero-order valence-corrected chi connectivity index (χ0v) is 12.9. The van der Waals surface area contributed by atoms with Gasteiger partial charge in [0.15, 0.2) is 5.84 Å². The lowest BCUT2D eigenvalue weighted by molar-refractivity contribution is 0.318. The molecule has 1 aromatic carbocycles. The van der Waals surface area contributed by atoms with Crippen LogP contribution in [0.2, 0.25) is 0 Å². The van der Waals surface area contributed by atoms with Gasteiger partial charge in [-0.2, -0.15) is 0 Å². The number of ether oxygens (including phenoxy) is 1. The van der Waals surface area contributed by atoms with E-state index < -0.39 is 0 Å². The Morgan fingerprint density at radius 3 is 2.81 bits per heavy atom. The van der Waals surface area contributed by atoms with E-state index in [1.807, 2.05) is 26.0 Å². The van der Waals surface area contributed by atoms with E-state index in [0.29, 0.717) is 22.3 Å². The minimum Gasteiger partial charge on any atom is -0.496 e. The number of thioether (sulfide) groups is 1. The van der Waals surface area contributed by atoms with Crippen LogP contribution < -0.4 is 10.5 Å². The first-order valence-corrected chi connectivity index (χ1v) is 7.25. The number of rotatable bonds is 5. The standard InChI is InChI=1S/C14H17N3O3S/c1-8-9(2)20-14(16-8)21-7-10-4-5-12(19-3)11(6-10)13(15)17-18/h4-6,18H,7H2,1-3H3,(H2,15,17). The molecule has 0 aliphatic heterocycles. The second-order valence-electron chi connectivity index (χ2n) is 4.43. The Labute approximate surface area is 127 Å². The summed E-state index contributed by atoms with van der Waals surface area (Å²) in [6, 6.07) is 5.53. The molecule has 0 aliphatic carbocycles. The molecule has 2 aromatic rings. The quantitative estimate of drug-likeness (QED) is 0.290. The van der Waals surface area contributed by atoms with Gasteiger partial charge in [-0.05, 0) is 31.5 Å². The first-order chi connectivity index (χ1) is 10.0. The van der Waals surface area contributed by atoms with Gasteiger partial charge in [0.2, 0.25) is 0 Å². The molecule has 112 valence electrons. The lowest BCUT2D eigenvalue weighted by Gasteiger charge is -2.09. The van der Waals surface area contributed by atoms with Crippen molar-refractivity contribution < 1.29 is 14.4 Å². The Kier molecular flexibility index (Phi) is 4.74. The summed E-state index contributed by atoms with van der Waals surface area (Å²) in [4.78, 5) is 4.32. The summed E-state index contributed by atoms with van der Waals surface area (Å²) in [6.07, 6.45) is 0. The highest BCUT2D eigenvalue weighted by atomic mass is 32.2. The molecule has 1 aromatic heterocycles. The summed E-state index contributed by atoms with van der Waals surface area (Å²) in [5.74, 6) is 2.06. The zero-order valence-electron chi connectivity index (χ0n) is 12.1. The fraction of sp³-hybridized carbons (Fsp3) is 0.286. The van der Waals surface area contributed by atoms with E-state index in [4.69, 9.17) is 20.1 Å². The van der Waals surface area contributed by atoms with Crippen molar-refractivity contribution >= 4 is 17.6 Å². The van der Waals surface area contributed by atoms with Crippen LogP contribution in [0.1, 0.15) is 22.6 Å². The molecule has 0 fully saturated rings. The summed E-state index contributed by atoms with van der Waals surface area (Å²) >= 11 is 1.49. The predicted octanol–water partition coefficient (Wildman–Crippen LogP) is 2.69. The fourth-order valence-electron chi connectivity index (χ4n) is 1.75. The van der Waals surface area contributed by atoms with Crippen molar-refractivity contribution in [3.8, 4) is 5.75 Å². The largest absolute Gasteiger partial charge is 0.496 e. The summed E-state index contributed by atoms with van der Waals surface area (Å²) in [7, 11) is 1.54. The van der Waals surface area contributed by atoms with E-state index in [0.717, 1.165) is 17.0 Å². The maximum atomic E-state index is 8.82. The number of nitrogens with two attached hydrogens (primary N) is 1. The Morgan fingerprint density at radius 1 is 1.48 bits per heavy atom. The first kappa shape index (κ1) is 15.2. The molecular formula is C14H17N3O3S. The van der Waals surface area contributed by atoms with Crippen LogP contribution >= 0.6 is 11.8 Å². The van der Waals surface area contributed by atoms with Crippen LogP contribution in [0.15, 0.2) is 33.0 Å². The number of benzene rings is 1. The molecule has 0 unspecified atom stereocenters. The highest BCUT2D eigenvalue weighted by Gasteiger charge is 2.11. The van der Waals surface area contributed by atoms with E-state index in [1.165, 1.54) is 18.9 Å². The SMILES string of the molecule is COc1ccc(CSc2nc(C)c(C)o2)cc1/C(N)=N/O. The molecule has 0 spiro atoms. The van der Waals surface area contributed by atoms with Crippen LogP contribution in [-0.4, -0.2) is 23.1 Å². The maximum Gasteiger partial charge on any atom is 0.256 e. The third-order valence-electron chi connectivity index (χ3n) is 3.02. The smallest absolute Gasteiger partial charge is 0.256 e. The molecule has 0 bridgehead atoms. The monoisotopic (exact) mass is 307 g/mol. The van der Waals surface area contributed by atoms with E-state index >= 15 is 0 Å². The minimum atomic E-state index is 0.0153. The number of aromatic nitrogens is 1. The van der Waals surface area contributed by atoms with Crippen molar-refractivity contribution in [1.29, 1.82) is 0 Å². The molecule has 21 heavy (non-hydrogen) atoms. The number of amidine groups is 1. The fourth-order valence-corrected chi connectivity index (χ4v) is 2.60. The van der Waals surface area contributed by atoms with E-state index in [1.54, 1.807) is 6.07 Å². The molecule has 7 heteroatoms. The molecule has 0 amide bonds. The van der Waals surface area contributed by atoms with Crippen molar-refractivity contribution in [1.82, 2.24) is 4.98 Å². The molecule has 0 radical (unpaired) electrons. The van der Waals surface area contributed by atoms with Gasteiger partial charge >= 0.3 is 0 Å². The molecule has 0 saturated heterocycles. The zero-order chi connectivity index (χ0) is 15.4. The molecule has 1 heterocycles. The summed E-state index contributed by atoms with van der Waals surface area (Å²) < 4.78 is 10.7. The highest BCUT2D eigenvalue weighted by Crippen LogP contribution is 2.27. The summed E-state index contributed by atoms with van der Waals surface area (Å²) in [6.45, 7) is 3.79. The summed E-state index contributed by atoms with van der Waals surface area (Å²) in [5.41, 5.74) is 8.10. The van der Waals surface area contributed by atoms with Crippen molar-refractivity contribution in [2.24, 2.45) is 10.9 Å². The molecule has 0 saturated carbocycles. The molecule has 3 N–H and O–H groups in total. The second-order valence-corrected chi connectivity index (χ2v) is 5.36. The van der Waals surface area contributed by atoms with Gasteiger partial charge in [-0.1, -0.05) is 23.0 Å². The number of hydrogen-bond donors (Lipinski definition) is 2.